The third-order valence-electron chi connectivity index (χ3n) is 3.65. The van der Waals surface area contributed by atoms with E-state index in [0.717, 1.165) is 0 Å². The Hall–Kier alpha value is -3.55. The van der Waals surface area contributed by atoms with Crippen LogP contribution in [0.1, 0.15) is 12.5 Å². The maximum absolute atomic E-state index is 12.6. The van der Waals surface area contributed by atoms with Crippen molar-refractivity contribution in [2.24, 2.45) is 5.10 Å². The molecule has 8 heteroatoms. The second kappa shape index (κ2) is 7.56. The van der Waals surface area contributed by atoms with Crippen LogP contribution in [0.5, 0.6) is 0 Å². The fourth-order valence-electron chi connectivity index (χ4n) is 2.43. The average molecular weight is 345 g/mol. The summed E-state index contributed by atoms with van der Waals surface area (Å²) in [5.41, 5.74) is 3.95. The Labute approximate surface area is 151 Å². The maximum atomic E-state index is 12.6. The number of amides is 2. The Morgan fingerprint density at radius 3 is 2.35 bits per heavy atom. The van der Waals surface area contributed by atoms with Gasteiger partial charge in [0.15, 0.2) is 0 Å². The number of anilines is 1. The van der Waals surface area contributed by atoms with Gasteiger partial charge in [-0.15, -0.1) is 0 Å². The van der Waals surface area contributed by atoms with Crippen molar-refractivity contribution in [3.8, 4) is 5.69 Å². The number of H-pyrrole nitrogens is 1. The smallest absolute Gasteiger partial charge is 0.307 e. The number of aromatic amines is 1. The van der Waals surface area contributed by atoms with Gasteiger partial charge in [-0.1, -0.05) is 36.4 Å². The number of nitrogens with zero attached hydrogens (tertiary/aromatic N) is 2. The second-order valence-electron chi connectivity index (χ2n) is 5.51. The number of rotatable bonds is 4. The van der Waals surface area contributed by atoms with E-state index < -0.39 is 6.03 Å². The molecule has 1 heterocycles. The molecule has 2 amide bonds. The van der Waals surface area contributed by atoms with Crippen molar-refractivity contribution in [3.63, 3.8) is 0 Å². The van der Waals surface area contributed by atoms with Crippen molar-refractivity contribution in [3.05, 3.63) is 76.6 Å². The largest absolute Gasteiger partial charge is 0.339 e. The highest BCUT2D eigenvalue weighted by molar-refractivity contribution is 6.35. The zero-order chi connectivity index (χ0) is 18.5. The molecule has 0 aliphatic heterocycles. The van der Waals surface area contributed by atoms with Crippen molar-refractivity contribution in [2.45, 2.75) is 6.92 Å². The lowest BCUT2D eigenvalue weighted by molar-refractivity contribution is 0.252. The van der Waals surface area contributed by atoms with Crippen molar-refractivity contribution in [1.29, 1.82) is 0 Å². The minimum Gasteiger partial charge on any atom is -0.307 e. The fourth-order valence-corrected chi connectivity index (χ4v) is 2.43. The van der Waals surface area contributed by atoms with Crippen LogP contribution in [-0.2, 0) is 0 Å². The van der Waals surface area contributed by atoms with E-state index in [9.17, 15) is 9.59 Å². The molecular formula is C18H16BN5O2. The highest BCUT2D eigenvalue weighted by Gasteiger charge is 2.14. The predicted molar refractivity (Wildman–Crippen MR) is 103 cm³/mol. The van der Waals surface area contributed by atoms with Gasteiger partial charge >= 0.3 is 6.03 Å². The standard InChI is InChI=1S/C18H16BN5O2/c1-12(21-22-18(26)20-13-8-4-2-5-9-13)15-16(19)23-24(17(15)25)14-10-6-3-7-11-14/h2-11,23H,1H3,(H2,20,22,26)/b21-12+. The van der Waals surface area contributed by atoms with Gasteiger partial charge < -0.3 is 10.4 Å². The molecule has 3 N–H and O–H groups in total. The Kier molecular flexibility index (Phi) is 5.03. The zero-order valence-electron chi connectivity index (χ0n) is 14.1. The summed E-state index contributed by atoms with van der Waals surface area (Å²) in [4.78, 5) is 24.5. The molecule has 128 valence electrons. The molecule has 2 aromatic carbocycles. The average Bonchev–Trinajstić information content (AvgIpc) is 2.96. The monoisotopic (exact) mass is 345 g/mol. The molecule has 0 spiro atoms. The molecule has 3 aromatic rings. The number of hydrogen-bond donors (Lipinski definition) is 3. The SMILES string of the molecule is [B]c1[nH]n(-c2ccccc2)c(=O)c1/C(C)=N/NC(=O)Nc1ccccc1. The van der Waals surface area contributed by atoms with Gasteiger partial charge in [0, 0.05) is 5.69 Å². The summed E-state index contributed by atoms with van der Waals surface area (Å²) in [6.07, 6.45) is 0. The van der Waals surface area contributed by atoms with Gasteiger partial charge in [0.05, 0.1) is 17.0 Å². The van der Waals surface area contributed by atoms with Crippen LogP contribution < -0.4 is 21.9 Å². The Morgan fingerprint density at radius 1 is 1.08 bits per heavy atom. The number of aromatic nitrogens is 2. The number of benzene rings is 2. The zero-order valence-corrected chi connectivity index (χ0v) is 14.1. The van der Waals surface area contributed by atoms with Gasteiger partial charge in [0.2, 0.25) is 0 Å². The molecule has 0 aliphatic carbocycles. The highest BCUT2D eigenvalue weighted by Crippen LogP contribution is 2.04. The van der Waals surface area contributed by atoms with Gasteiger partial charge in [-0.3, -0.25) is 4.79 Å². The lowest BCUT2D eigenvalue weighted by Gasteiger charge is -2.04. The molecular weight excluding hydrogens is 329 g/mol. The summed E-state index contributed by atoms with van der Waals surface area (Å²) < 4.78 is 1.33. The van der Waals surface area contributed by atoms with E-state index in [4.69, 9.17) is 7.85 Å². The first-order valence-corrected chi connectivity index (χ1v) is 7.89. The summed E-state index contributed by atoms with van der Waals surface area (Å²) in [6.45, 7) is 1.60. The van der Waals surface area contributed by atoms with Crippen LogP contribution >= 0.6 is 0 Å². The Morgan fingerprint density at radius 2 is 1.69 bits per heavy atom. The molecule has 0 unspecified atom stereocenters. The van der Waals surface area contributed by atoms with Crippen molar-refractivity contribution in [2.75, 3.05) is 5.32 Å². The van der Waals surface area contributed by atoms with E-state index in [0.29, 0.717) is 17.1 Å². The molecule has 0 saturated heterocycles. The molecule has 1 aromatic heterocycles. The van der Waals surface area contributed by atoms with E-state index in [1.165, 1.54) is 4.68 Å². The van der Waals surface area contributed by atoms with E-state index in [1.807, 2.05) is 24.3 Å². The molecule has 0 atom stereocenters. The van der Waals surface area contributed by atoms with Crippen LogP contribution in [0, 0.1) is 0 Å². The highest BCUT2D eigenvalue weighted by atomic mass is 16.2. The summed E-state index contributed by atoms with van der Waals surface area (Å²) in [5.74, 6) is 0. The summed E-state index contributed by atoms with van der Waals surface area (Å²) >= 11 is 0. The van der Waals surface area contributed by atoms with Crippen molar-refractivity contribution >= 4 is 30.9 Å². The van der Waals surface area contributed by atoms with Gasteiger partial charge in [0.1, 0.15) is 7.85 Å². The first-order valence-electron chi connectivity index (χ1n) is 7.89. The van der Waals surface area contributed by atoms with Crippen molar-refractivity contribution in [1.82, 2.24) is 15.2 Å². The lowest BCUT2D eigenvalue weighted by Crippen LogP contribution is -2.28. The van der Waals surface area contributed by atoms with Crippen LogP contribution in [0.25, 0.3) is 5.69 Å². The number of para-hydroxylation sites is 2. The number of hydrogen-bond acceptors (Lipinski definition) is 3. The Balaban J connectivity index is 1.78. The van der Waals surface area contributed by atoms with E-state index >= 15 is 0 Å². The quantitative estimate of drug-likeness (QED) is 0.380. The van der Waals surface area contributed by atoms with Crippen LogP contribution in [0.4, 0.5) is 10.5 Å². The minimum atomic E-state index is -0.520. The summed E-state index contributed by atoms with van der Waals surface area (Å²) in [5, 5.41) is 9.40. The first kappa shape index (κ1) is 17.3. The van der Waals surface area contributed by atoms with E-state index in [2.05, 4.69) is 20.9 Å². The normalized spacial score (nSPS) is 11.2. The summed E-state index contributed by atoms with van der Waals surface area (Å²) in [7, 11) is 5.92. The predicted octanol–water partition coefficient (Wildman–Crippen LogP) is 1.51. The number of carbonyl (C=O) groups is 1. The molecule has 2 radical (unpaired) electrons. The van der Waals surface area contributed by atoms with Crippen LogP contribution in [-0.4, -0.2) is 29.4 Å². The fraction of sp³-hybridized carbons (Fsp3) is 0.0556. The van der Waals surface area contributed by atoms with E-state index in [-0.39, 0.29) is 16.7 Å². The van der Waals surface area contributed by atoms with Gasteiger partial charge in [-0.25, -0.2) is 14.9 Å². The number of carbonyl (C=O) groups excluding carboxylic acids is 1. The van der Waals surface area contributed by atoms with Gasteiger partial charge in [0.25, 0.3) is 5.56 Å². The van der Waals surface area contributed by atoms with E-state index in [1.54, 1.807) is 43.3 Å². The third-order valence-corrected chi connectivity index (χ3v) is 3.65. The molecule has 0 fully saturated rings. The van der Waals surface area contributed by atoms with Crippen LogP contribution in [0.15, 0.2) is 70.6 Å². The Bertz CT molecular complexity index is 993. The molecule has 0 aliphatic rings. The number of urea groups is 1. The van der Waals surface area contributed by atoms with Crippen molar-refractivity contribution < 1.29 is 4.79 Å². The molecule has 3 rings (SSSR count). The number of nitrogens with one attached hydrogen (secondary N) is 3. The second-order valence-corrected chi connectivity index (χ2v) is 5.51. The topological polar surface area (TPSA) is 91.3 Å². The maximum Gasteiger partial charge on any atom is 0.339 e. The lowest BCUT2D eigenvalue weighted by atomic mass is 9.97. The molecule has 0 saturated carbocycles. The van der Waals surface area contributed by atoms with Gasteiger partial charge in [-0.2, -0.15) is 5.10 Å². The molecule has 26 heavy (non-hydrogen) atoms. The molecule has 7 nitrogen and oxygen atoms in total. The number of hydrazone groups is 1. The third kappa shape index (κ3) is 3.75. The van der Waals surface area contributed by atoms with Crippen LogP contribution in [0.3, 0.4) is 0 Å². The summed E-state index contributed by atoms with van der Waals surface area (Å²) in [6, 6.07) is 17.5. The van der Waals surface area contributed by atoms with Crippen LogP contribution in [0.2, 0.25) is 0 Å². The minimum absolute atomic E-state index is 0.172. The molecule has 0 bridgehead atoms. The van der Waals surface area contributed by atoms with Gasteiger partial charge in [-0.05, 0) is 36.8 Å². The first-order chi connectivity index (χ1) is 12.6.